The quantitative estimate of drug-likeness (QED) is 0.609. The van der Waals surface area contributed by atoms with E-state index in [1.165, 1.54) is 0 Å². The maximum Gasteiger partial charge on any atom is 0.214 e. The molecule has 18 heavy (non-hydrogen) atoms. The molecular formula is C12H17N5S. The first-order valence-electron chi connectivity index (χ1n) is 6.09. The average Bonchev–Trinajstić information content (AvgIpc) is 2.88. The van der Waals surface area contributed by atoms with Crippen molar-refractivity contribution < 1.29 is 0 Å². The van der Waals surface area contributed by atoms with Crippen molar-refractivity contribution in [3.05, 3.63) is 30.3 Å². The van der Waals surface area contributed by atoms with E-state index in [1.807, 2.05) is 30.3 Å². The molecule has 2 aromatic rings. The van der Waals surface area contributed by atoms with Gasteiger partial charge in [0.05, 0.1) is 5.69 Å². The molecule has 0 fully saturated rings. The van der Waals surface area contributed by atoms with Crippen molar-refractivity contribution in [1.29, 1.82) is 0 Å². The van der Waals surface area contributed by atoms with Gasteiger partial charge in [-0.15, -0.1) is 5.10 Å². The van der Waals surface area contributed by atoms with Gasteiger partial charge in [-0.2, -0.15) is 4.68 Å². The Kier molecular flexibility index (Phi) is 5.16. The summed E-state index contributed by atoms with van der Waals surface area (Å²) in [6.07, 6.45) is 1.16. The molecular weight excluding hydrogens is 246 g/mol. The molecule has 0 atom stereocenters. The fourth-order valence-corrected chi connectivity index (χ4v) is 2.30. The average molecular weight is 263 g/mol. The van der Waals surface area contributed by atoms with Crippen molar-refractivity contribution in [2.75, 3.05) is 18.8 Å². The van der Waals surface area contributed by atoms with Crippen molar-refractivity contribution >= 4 is 11.8 Å². The van der Waals surface area contributed by atoms with Crippen molar-refractivity contribution in [3.63, 3.8) is 0 Å². The van der Waals surface area contributed by atoms with Gasteiger partial charge < -0.3 is 5.32 Å². The number of hydrogen-bond acceptors (Lipinski definition) is 5. The number of nitrogens with zero attached hydrogens (tertiary/aromatic N) is 4. The zero-order valence-corrected chi connectivity index (χ0v) is 11.2. The van der Waals surface area contributed by atoms with Crippen LogP contribution in [0.25, 0.3) is 5.69 Å². The number of aromatic nitrogens is 4. The summed E-state index contributed by atoms with van der Waals surface area (Å²) in [4.78, 5) is 0. The van der Waals surface area contributed by atoms with E-state index in [0.717, 1.165) is 36.1 Å². The fourth-order valence-electron chi connectivity index (χ4n) is 1.52. The van der Waals surface area contributed by atoms with Gasteiger partial charge in [0.15, 0.2) is 0 Å². The molecule has 0 unspecified atom stereocenters. The minimum Gasteiger partial charge on any atom is -0.316 e. The summed E-state index contributed by atoms with van der Waals surface area (Å²) in [5.74, 6) is 0.965. The van der Waals surface area contributed by atoms with Gasteiger partial charge in [0.1, 0.15) is 0 Å². The zero-order valence-electron chi connectivity index (χ0n) is 10.4. The van der Waals surface area contributed by atoms with Crippen LogP contribution in [0.1, 0.15) is 13.3 Å². The number of nitrogens with one attached hydrogen (secondary N) is 1. The molecule has 6 heteroatoms. The van der Waals surface area contributed by atoms with Gasteiger partial charge in [0.2, 0.25) is 5.16 Å². The Hall–Kier alpha value is -1.40. The predicted octanol–water partition coefficient (Wildman–Crippen LogP) is 1.75. The van der Waals surface area contributed by atoms with Gasteiger partial charge in [-0.1, -0.05) is 36.9 Å². The van der Waals surface area contributed by atoms with Gasteiger partial charge >= 0.3 is 0 Å². The van der Waals surface area contributed by atoms with Crippen LogP contribution in [-0.4, -0.2) is 39.0 Å². The third-order valence-corrected chi connectivity index (χ3v) is 3.30. The van der Waals surface area contributed by atoms with Crippen LogP contribution < -0.4 is 5.32 Å². The van der Waals surface area contributed by atoms with Crippen molar-refractivity contribution in [3.8, 4) is 5.69 Å². The monoisotopic (exact) mass is 263 g/mol. The van der Waals surface area contributed by atoms with Crippen LogP contribution in [-0.2, 0) is 0 Å². The van der Waals surface area contributed by atoms with E-state index in [1.54, 1.807) is 16.4 Å². The van der Waals surface area contributed by atoms with E-state index in [4.69, 9.17) is 0 Å². The van der Waals surface area contributed by atoms with Crippen LogP contribution in [0.4, 0.5) is 0 Å². The van der Waals surface area contributed by atoms with Gasteiger partial charge in [0.25, 0.3) is 0 Å². The normalized spacial score (nSPS) is 10.7. The fraction of sp³-hybridized carbons (Fsp3) is 0.417. The standard InChI is InChI=1S/C12H17N5S/c1-2-8-13-9-10-18-12-14-15-16-17(12)11-6-4-3-5-7-11/h3-7,13H,2,8-10H2,1H3. The Balaban J connectivity index is 1.92. The minimum atomic E-state index is 0.833. The maximum atomic E-state index is 4.05. The van der Waals surface area contributed by atoms with Crippen LogP contribution in [0.3, 0.4) is 0 Å². The summed E-state index contributed by atoms with van der Waals surface area (Å²) < 4.78 is 1.77. The second kappa shape index (κ2) is 7.13. The third kappa shape index (κ3) is 3.54. The van der Waals surface area contributed by atoms with Crippen LogP contribution in [0.2, 0.25) is 0 Å². The molecule has 0 aliphatic rings. The van der Waals surface area contributed by atoms with E-state index in [0.29, 0.717) is 0 Å². The van der Waals surface area contributed by atoms with Crippen molar-refractivity contribution in [2.45, 2.75) is 18.5 Å². The summed E-state index contributed by atoms with van der Waals surface area (Å²) in [6.45, 7) is 4.19. The SMILES string of the molecule is CCCNCCSc1nnnn1-c1ccccc1. The lowest BCUT2D eigenvalue weighted by Crippen LogP contribution is -2.17. The molecule has 0 bridgehead atoms. The first-order valence-corrected chi connectivity index (χ1v) is 7.07. The van der Waals surface area contributed by atoms with Crippen molar-refractivity contribution in [1.82, 2.24) is 25.5 Å². The smallest absolute Gasteiger partial charge is 0.214 e. The number of tetrazole rings is 1. The number of hydrogen-bond donors (Lipinski definition) is 1. The van der Waals surface area contributed by atoms with Gasteiger partial charge in [0, 0.05) is 12.3 Å². The lowest BCUT2D eigenvalue weighted by atomic mass is 10.3. The summed E-state index contributed by atoms with van der Waals surface area (Å²) >= 11 is 1.66. The van der Waals surface area contributed by atoms with Crippen LogP contribution in [0.5, 0.6) is 0 Å². The van der Waals surface area contributed by atoms with Crippen molar-refractivity contribution in [2.24, 2.45) is 0 Å². The molecule has 2 rings (SSSR count). The second-order valence-corrected chi connectivity index (χ2v) is 4.87. The lowest BCUT2D eigenvalue weighted by molar-refractivity contribution is 0.705. The Morgan fingerprint density at radius 1 is 1.22 bits per heavy atom. The summed E-state index contributed by atoms with van der Waals surface area (Å²) in [6, 6.07) is 9.93. The van der Waals surface area contributed by atoms with Crippen LogP contribution >= 0.6 is 11.8 Å². The molecule has 0 saturated heterocycles. The lowest BCUT2D eigenvalue weighted by Gasteiger charge is -2.04. The number of rotatable bonds is 7. The predicted molar refractivity (Wildman–Crippen MR) is 73.0 cm³/mol. The molecule has 96 valence electrons. The van der Waals surface area contributed by atoms with E-state index in [-0.39, 0.29) is 0 Å². The summed E-state index contributed by atoms with van der Waals surface area (Å²) in [7, 11) is 0. The molecule has 0 aliphatic carbocycles. The van der Waals surface area contributed by atoms with E-state index in [2.05, 4.69) is 27.8 Å². The Morgan fingerprint density at radius 2 is 2.06 bits per heavy atom. The third-order valence-electron chi connectivity index (χ3n) is 2.38. The molecule has 0 aliphatic heterocycles. The van der Waals surface area contributed by atoms with Gasteiger partial charge in [-0.25, -0.2) is 0 Å². The minimum absolute atomic E-state index is 0.833. The summed E-state index contributed by atoms with van der Waals surface area (Å²) in [5.41, 5.74) is 0.992. The van der Waals surface area contributed by atoms with Gasteiger partial charge in [-0.05, 0) is 35.5 Å². The molecule has 0 radical (unpaired) electrons. The van der Waals surface area contributed by atoms with Gasteiger partial charge in [-0.3, -0.25) is 0 Å². The molecule has 0 spiro atoms. The molecule has 0 amide bonds. The number of thioether (sulfide) groups is 1. The van der Waals surface area contributed by atoms with Crippen LogP contribution in [0, 0.1) is 0 Å². The van der Waals surface area contributed by atoms with E-state index < -0.39 is 0 Å². The molecule has 1 N–H and O–H groups in total. The van der Waals surface area contributed by atoms with Crippen LogP contribution in [0.15, 0.2) is 35.5 Å². The van der Waals surface area contributed by atoms with E-state index in [9.17, 15) is 0 Å². The molecule has 5 nitrogen and oxygen atoms in total. The zero-order chi connectivity index (χ0) is 12.6. The highest BCUT2D eigenvalue weighted by atomic mass is 32.2. The summed E-state index contributed by atoms with van der Waals surface area (Å²) in [5, 5.41) is 16.0. The first-order chi connectivity index (χ1) is 8.92. The highest BCUT2D eigenvalue weighted by Gasteiger charge is 2.07. The molecule has 0 saturated carbocycles. The highest BCUT2D eigenvalue weighted by Crippen LogP contribution is 2.16. The number of para-hydroxylation sites is 1. The molecule has 1 aromatic carbocycles. The molecule has 1 aromatic heterocycles. The Morgan fingerprint density at radius 3 is 2.83 bits per heavy atom. The highest BCUT2D eigenvalue weighted by molar-refractivity contribution is 7.99. The first kappa shape index (κ1) is 13.0. The topological polar surface area (TPSA) is 55.6 Å². The maximum absolute atomic E-state index is 4.05. The van der Waals surface area contributed by atoms with E-state index >= 15 is 0 Å². The Bertz CT molecular complexity index is 457. The molecule has 1 heterocycles. The number of benzene rings is 1. The second-order valence-electron chi connectivity index (χ2n) is 3.81. The largest absolute Gasteiger partial charge is 0.316 e. The Labute approximate surface area is 111 Å².